The van der Waals surface area contributed by atoms with Gasteiger partial charge < -0.3 is 0 Å². The summed E-state index contributed by atoms with van der Waals surface area (Å²) in [4.78, 5) is 1.14. The van der Waals surface area contributed by atoms with Crippen LogP contribution in [0.1, 0.15) is 20.8 Å². The highest BCUT2D eigenvalue weighted by atomic mass is 32.2. The fourth-order valence-corrected chi connectivity index (χ4v) is 3.31. The van der Waals surface area contributed by atoms with E-state index in [4.69, 9.17) is 0 Å². The molecule has 0 N–H and O–H groups in total. The van der Waals surface area contributed by atoms with Crippen molar-refractivity contribution in [3.05, 3.63) is 24.3 Å². The second kappa shape index (κ2) is 4.18. The smallest absolute Gasteiger partial charge is 0.178 e. The molecule has 0 radical (unpaired) electrons. The molecule has 0 aromatic heterocycles. The van der Waals surface area contributed by atoms with E-state index in [9.17, 15) is 8.42 Å². The van der Waals surface area contributed by atoms with Crippen LogP contribution in [0.3, 0.4) is 0 Å². The van der Waals surface area contributed by atoms with E-state index < -0.39 is 9.84 Å². The second-order valence-electron chi connectivity index (χ2n) is 4.81. The highest BCUT2D eigenvalue weighted by molar-refractivity contribution is 7.91. The standard InChI is InChI=1S/C11H16O2S2/c1-11(2,3)8-15(12,13)10-6-4-9(14)5-7-10/h4-7,14H,8H2,1-3H3. The van der Waals surface area contributed by atoms with Crippen molar-refractivity contribution in [1.29, 1.82) is 0 Å². The first-order valence-corrected chi connectivity index (χ1v) is 6.82. The largest absolute Gasteiger partial charge is 0.224 e. The molecule has 0 bridgehead atoms. The van der Waals surface area contributed by atoms with Gasteiger partial charge in [-0.2, -0.15) is 0 Å². The zero-order chi connectivity index (χ0) is 11.7. The van der Waals surface area contributed by atoms with Crippen LogP contribution >= 0.6 is 12.6 Å². The number of sulfone groups is 1. The van der Waals surface area contributed by atoms with E-state index in [0.717, 1.165) is 4.90 Å². The summed E-state index contributed by atoms with van der Waals surface area (Å²) in [5.41, 5.74) is -0.224. The van der Waals surface area contributed by atoms with Crippen molar-refractivity contribution in [3.63, 3.8) is 0 Å². The monoisotopic (exact) mass is 244 g/mol. The Hall–Kier alpha value is -0.480. The van der Waals surface area contributed by atoms with Gasteiger partial charge in [-0.15, -0.1) is 12.6 Å². The lowest BCUT2D eigenvalue weighted by Gasteiger charge is -2.17. The molecule has 0 fully saturated rings. The Labute approximate surface area is 97.0 Å². The Kier molecular flexibility index (Phi) is 3.51. The van der Waals surface area contributed by atoms with Crippen molar-refractivity contribution in [2.24, 2.45) is 5.41 Å². The van der Waals surface area contributed by atoms with E-state index in [0.29, 0.717) is 4.90 Å². The van der Waals surface area contributed by atoms with E-state index in [1.165, 1.54) is 0 Å². The SMILES string of the molecule is CC(C)(C)CS(=O)(=O)c1ccc(S)cc1. The molecule has 84 valence electrons. The topological polar surface area (TPSA) is 34.1 Å². The van der Waals surface area contributed by atoms with Crippen LogP contribution in [0.2, 0.25) is 0 Å². The average molecular weight is 244 g/mol. The number of rotatable bonds is 2. The molecule has 1 aromatic rings. The highest BCUT2D eigenvalue weighted by Crippen LogP contribution is 2.22. The first-order valence-electron chi connectivity index (χ1n) is 4.72. The van der Waals surface area contributed by atoms with Gasteiger partial charge in [-0.05, 0) is 29.7 Å². The Bertz CT molecular complexity index is 425. The summed E-state index contributed by atoms with van der Waals surface area (Å²) in [6.45, 7) is 5.74. The highest BCUT2D eigenvalue weighted by Gasteiger charge is 2.23. The van der Waals surface area contributed by atoms with Crippen molar-refractivity contribution in [2.45, 2.75) is 30.6 Å². The van der Waals surface area contributed by atoms with Crippen LogP contribution < -0.4 is 0 Å². The van der Waals surface area contributed by atoms with E-state index in [2.05, 4.69) is 12.6 Å². The van der Waals surface area contributed by atoms with Crippen LogP contribution in [0.25, 0.3) is 0 Å². The lowest BCUT2D eigenvalue weighted by atomic mass is 10.0. The van der Waals surface area contributed by atoms with Crippen molar-refractivity contribution in [1.82, 2.24) is 0 Å². The first-order chi connectivity index (χ1) is 6.71. The molecule has 1 aromatic carbocycles. The molecule has 2 nitrogen and oxygen atoms in total. The van der Waals surface area contributed by atoms with Gasteiger partial charge in [0.15, 0.2) is 9.84 Å². The lowest BCUT2D eigenvalue weighted by molar-refractivity contribution is 0.461. The van der Waals surface area contributed by atoms with Crippen molar-refractivity contribution >= 4 is 22.5 Å². The lowest BCUT2D eigenvalue weighted by Crippen LogP contribution is -2.20. The Morgan fingerprint density at radius 2 is 1.60 bits per heavy atom. The molecule has 0 atom stereocenters. The van der Waals surface area contributed by atoms with Gasteiger partial charge in [0.25, 0.3) is 0 Å². The van der Waals surface area contributed by atoms with Crippen LogP contribution in [0, 0.1) is 5.41 Å². The Morgan fingerprint density at radius 3 is 2.00 bits per heavy atom. The van der Waals surface area contributed by atoms with Gasteiger partial charge in [-0.1, -0.05) is 20.8 Å². The maximum atomic E-state index is 11.9. The number of hydrogen-bond donors (Lipinski definition) is 1. The zero-order valence-electron chi connectivity index (χ0n) is 9.19. The molecule has 15 heavy (non-hydrogen) atoms. The van der Waals surface area contributed by atoms with Crippen molar-refractivity contribution in [2.75, 3.05) is 5.75 Å². The molecule has 0 amide bonds. The molecular weight excluding hydrogens is 228 g/mol. The minimum absolute atomic E-state index is 0.159. The fraction of sp³-hybridized carbons (Fsp3) is 0.455. The van der Waals surface area contributed by atoms with E-state index in [1.54, 1.807) is 24.3 Å². The molecule has 0 saturated carbocycles. The van der Waals surface area contributed by atoms with Crippen LogP contribution in [-0.4, -0.2) is 14.2 Å². The van der Waals surface area contributed by atoms with Gasteiger partial charge in [0.1, 0.15) is 0 Å². The molecule has 0 aliphatic heterocycles. The van der Waals surface area contributed by atoms with Gasteiger partial charge in [0.05, 0.1) is 10.6 Å². The predicted molar refractivity (Wildman–Crippen MR) is 65.2 cm³/mol. The summed E-state index contributed by atoms with van der Waals surface area (Å²) < 4.78 is 23.9. The number of thiol groups is 1. The molecule has 0 aliphatic rings. The second-order valence-corrected chi connectivity index (χ2v) is 7.32. The molecular formula is C11H16O2S2. The first kappa shape index (κ1) is 12.6. The Balaban J connectivity index is 3.02. The van der Waals surface area contributed by atoms with Crippen LogP contribution in [0.15, 0.2) is 34.1 Å². The summed E-state index contributed by atoms with van der Waals surface area (Å²) in [6.07, 6.45) is 0. The van der Waals surface area contributed by atoms with Gasteiger partial charge in [0.2, 0.25) is 0 Å². The third-order valence-corrected chi connectivity index (χ3v) is 4.35. The third kappa shape index (κ3) is 3.87. The van der Waals surface area contributed by atoms with E-state index in [1.807, 2.05) is 20.8 Å². The summed E-state index contributed by atoms with van der Waals surface area (Å²) in [5.74, 6) is 0.159. The molecule has 0 saturated heterocycles. The molecule has 0 spiro atoms. The zero-order valence-corrected chi connectivity index (χ0v) is 10.9. The summed E-state index contributed by atoms with van der Waals surface area (Å²) in [7, 11) is -3.17. The molecule has 4 heteroatoms. The maximum Gasteiger partial charge on any atom is 0.178 e. The van der Waals surface area contributed by atoms with Gasteiger partial charge in [0, 0.05) is 4.90 Å². The maximum absolute atomic E-state index is 11.9. The third-order valence-electron chi connectivity index (χ3n) is 1.82. The molecule has 0 unspecified atom stereocenters. The van der Waals surface area contributed by atoms with E-state index >= 15 is 0 Å². The summed E-state index contributed by atoms with van der Waals surface area (Å²) in [5, 5.41) is 0. The summed E-state index contributed by atoms with van der Waals surface area (Å²) >= 11 is 4.12. The van der Waals surface area contributed by atoms with Gasteiger partial charge >= 0.3 is 0 Å². The minimum Gasteiger partial charge on any atom is -0.224 e. The molecule has 0 heterocycles. The number of benzene rings is 1. The van der Waals surface area contributed by atoms with Gasteiger partial charge in [-0.3, -0.25) is 0 Å². The van der Waals surface area contributed by atoms with Crippen LogP contribution in [0.5, 0.6) is 0 Å². The summed E-state index contributed by atoms with van der Waals surface area (Å²) in [6, 6.07) is 6.59. The average Bonchev–Trinajstić information content (AvgIpc) is 2.00. The normalized spacial score (nSPS) is 12.8. The Morgan fingerprint density at radius 1 is 1.13 bits per heavy atom. The quantitative estimate of drug-likeness (QED) is 0.812. The number of hydrogen-bond acceptors (Lipinski definition) is 3. The van der Waals surface area contributed by atoms with Gasteiger partial charge in [-0.25, -0.2) is 8.42 Å². The minimum atomic E-state index is -3.17. The van der Waals surface area contributed by atoms with Crippen LogP contribution in [0.4, 0.5) is 0 Å². The van der Waals surface area contributed by atoms with E-state index in [-0.39, 0.29) is 11.2 Å². The van der Waals surface area contributed by atoms with Crippen molar-refractivity contribution in [3.8, 4) is 0 Å². The fourth-order valence-electron chi connectivity index (χ4n) is 1.31. The molecule has 1 rings (SSSR count). The van der Waals surface area contributed by atoms with Crippen LogP contribution in [-0.2, 0) is 9.84 Å². The predicted octanol–water partition coefficient (Wildman–Crippen LogP) is 2.80. The van der Waals surface area contributed by atoms with Crippen molar-refractivity contribution < 1.29 is 8.42 Å². The molecule has 0 aliphatic carbocycles.